The first-order valence-electron chi connectivity index (χ1n) is 11.5. The quantitative estimate of drug-likeness (QED) is 0.496. The Hall–Kier alpha value is -2.84. The molecule has 1 amide bonds. The van der Waals surface area contributed by atoms with Crippen LogP contribution < -0.4 is 0 Å². The number of carboxylic acid groups (broad SMARTS) is 1. The van der Waals surface area contributed by atoms with Crippen molar-refractivity contribution >= 4 is 31.9 Å². The van der Waals surface area contributed by atoms with Crippen molar-refractivity contribution in [2.45, 2.75) is 28.7 Å². The number of rotatable bonds is 9. The molecular weight excluding hydrogens is 508 g/mol. The van der Waals surface area contributed by atoms with Crippen LogP contribution >= 0.6 is 0 Å². The molecule has 1 saturated heterocycles. The Kier molecular flexibility index (Phi) is 7.48. The van der Waals surface area contributed by atoms with Crippen LogP contribution in [-0.4, -0.2) is 98.3 Å². The fourth-order valence-corrected chi connectivity index (χ4v) is 7.74. The van der Waals surface area contributed by atoms with Crippen LogP contribution in [0.4, 0.5) is 0 Å². The van der Waals surface area contributed by atoms with E-state index in [1.807, 2.05) is 11.9 Å². The predicted octanol–water partition coefficient (Wildman–Crippen LogP) is 0.918. The Morgan fingerprint density at radius 2 is 1.64 bits per heavy atom. The monoisotopic (exact) mass is 536 g/mol. The molecule has 194 valence electrons. The van der Waals surface area contributed by atoms with Gasteiger partial charge in [-0.1, -0.05) is 30.3 Å². The molecule has 0 radical (unpaired) electrons. The molecule has 0 bridgehead atoms. The van der Waals surface area contributed by atoms with Crippen molar-refractivity contribution in [2.24, 2.45) is 0 Å². The van der Waals surface area contributed by atoms with Crippen LogP contribution in [0.15, 0.2) is 64.4 Å². The average Bonchev–Trinajstić information content (AvgIpc) is 3.05. The number of hydrogen-bond acceptors (Lipinski definition) is 8. The third-order valence-electron chi connectivity index (χ3n) is 6.35. The van der Waals surface area contributed by atoms with Gasteiger partial charge in [0.05, 0.1) is 10.5 Å². The molecule has 2 aromatic carbocycles. The highest BCUT2D eigenvalue weighted by Gasteiger charge is 2.43. The summed E-state index contributed by atoms with van der Waals surface area (Å²) in [5, 5.41) is 11.6. The Morgan fingerprint density at radius 1 is 1.03 bits per heavy atom. The van der Waals surface area contributed by atoms with Crippen LogP contribution in [0.3, 0.4) is 0 Å². The van der Waals surface area contributed by atoms with E-state index in [-0.39, 0.29) is 34.7 Å². The van der Waals surface area contributed by atoms with Gasteiger partial charge >= 0.3 is 5.97 Å². The second kappa shape index (κ2) is 10.3. The normalized spacial score (nSPS) is 19.4. The lowest BCUT2D eigenvalue weighted by Gasteiger charge is -2.41. The lowest BCUT2D eigenvalue weighted by Crippen LogP contribution is -2.59. The Labute approximate surface area is 210 Å². The van der Waals surface area contributed by atoms with Gasteiger partial charge in [-0.2, -0.15) is 0 Å². The average molecular weight is 537 g/mol. The number of hydrogen-bond donors (Lipinski definition) is 1. The molecule has 2 heterocycles. The number of carbonyl (C=O) groups is 2. The molecule has 0 unspecified atom stereocenters. The number of nitrogens with zero attached hydrogens (tertiary/aromatic N) is 4. The molecule has 13 heteroatoms. The molecule has 4 rings (SSSR count). The van der Waals surface area contributed by atoms with E-state index in [1.54, 1.807) is 24.3 Å². The molecule has 2 aromatic rings. The zero-order valence-electron chi connectivity index (χ0n) is 19.7. The van der Waals surface area contributed by atoms with Crippen LogP contribution in [0.25, 0.3) is 0 Å². The number of sulfonamides is 2. The Morgan fingerprint density at radius 3 is 2.25 bits per heavy atom. The minimum Gasteiger partial charge on any atom is -0.480 e. The van der Waals surface area contributed by atoms with Gasteiger partial charge in [0.1, 0.15) is 10.9 Å². The fourth-order valence-electron chi connectivity index (χ4n) is 4.42. The van der Waals surface area contributed by atoms with Crippen molar-refractivity contribution in [3.05, 3.63) is 60.2 Å². The number of carbonyl (C=O) groups excluding carboxylic acids is 1. The molecule has 2 aliphatic rings. The summed E-state index contributed by atoms with van der Waals surface area (Å²) in [6.45, 7) is 1.45. The number of fused-ring (bicyclic) bond motifs is 1. The number of amides is 1. The maximum Gasteiger partial charge on any atom is 0.323 e. The summed E-state index contributed by atoms with van der Waals surface area (Å²) in [6, 6.07) is 12.0. The van der Waals surface area contributed by atoms with Gasteiger partial charge in [-0.25, -0.2) is 26.1 Å². The third-order valence-corrected chi connectivity index (χ3v) is 10.0. The number of piperazine rings is 1. The largest absolute Gasteiger partial charge is 0.480 e. The second-order valence-electron chi connectivity index (χ2n) is 8.72. The second-order valence-corrected chi connectivity index (χ2v) is 12.3. The van der Waals surface area contributed by atoms with E-state index in [2.05, 4.69) is 0 Å². The number of hydrazine groups is 1. The van der Waals surface area contributed by atoms with Crippen LogP contribution in [-0.2, 0) is 24.8 Å². The van der Waals surface area contributed by atoms with Crippen molar-refractivity contribution < 1.29 is 31.5 Å². The number of likely N-dealkylation sites (N-methyl/N-ethyl adjacent to an activating group) is 1. The van der Waals surface area contributed by atoms with Gasteiger partial charge in [-0.15, -0.1) is 4.41 Å². The maximum atomic E-state index is 13.6. The maximum absolute atomic E-state index is 13.6. The SMILES string of the molecule is CN1CCN(N([C@H](CCCN2C(=O)c3ccccc3S2(=O)=O)C(=O)O)S(=O)(=O)c2ccccc2)CC1. The predicted molar refractivity (Wildman–Crippen MR) is 130 cm³/mol. The summed E-state index contributed by atoms with van der Waals surface area (Å²) < 4.78 is 54.6. The summed E-state index contributed by atoms with van der Waals surface area (Å²) in [6.07, 6.45) is -0.228. The minimum absolute atomic E-state index is 0.0372. The molecule has 0 spiro atoms. The highest BCUT2D eigenvalue weighted by molar-refractivity contribution is 7.90. The topological polar surface area (TPSA) is 136 Å². The van der Waals surface area contributed by atoms with E-state index in [9.17, 15) is 31.5 Å². The van der Waals surface area contributed by atoms with Crippen molar-refractivity contribution in [1.82, 2.24) is 18.6 Å². The van der Waals surface area contributed by atoms with Gasteiger partial charge in [0.2, 0.25) is 0 Å². The van der Waals surface area contributed by atoms with Gasteiger partial charge in [0, 0.05) is 32.7 Å². The molecule has 11 nitrogen and oxygen atoms in total. The molecule has 1 N–H and O–H groups in total. The van der Waals surface area contributed by atoms with Crippen molar-refractivity contribution in [1.29, 1.82) is 0 Å². The van der Waals surface area contributed by atoms with E-state index < -0.39 is 38.0 Å². The summed E-state index contributed by atoms with van der Waals surface area (Å²) in [4.78, 5) is 27.0. The lowest BCUT2D eigenvalue weighted by atomic mass is 10.1. The highest BCUT2D eigenvalue weighted by Crippen LogP contribution is 2.31. The fraction of sp³-hybridized carbons (Fsp3) is 0.391. The van der Waals surface area contributed by atoms with E-state index in [1.165, 1.54) is 35.3 Å². The number of benzene rings is 2. The van der Waals surface area contributed by atoms with Crippen LogP contribution in [0, 0.1) is 0 Å². The van der Waals surface area contributed by atoms with E-state index in [0.29, 0.717) is 26.2 Å². The molecule has 1 atom stereocenters. The molecule has 0 saturated carbocycles. The van der Waals surface area contributed by atoms with Crippen LogP contribution in [0.5, 0.6) is 0 Å². The third kappa shape index (κ3) is 4.89. The summed E-state index contributed by atoms with van der Waals surface area (Å²) in [5.41, 5.74) is 0.0676. The summed E-state index contributed by atoms with van der Waals surface area (Å²) in [7, 11) is -6.38. The van der Waals surface area contributed by atoms with Crippen LogP contribution in [0.1, 0.15) is 23.2 Å². The van der Waals surface area contributed by atoms with Crippen molar-refractivity contribution in [3.63, 3.8) is 0 Å². The molecule has 0 aliphatic carbocycles. The summed E-state index contributed by atoms with van der Waals surface area (Å²) in [5.74, 6) is -2.03. The standard InChI is InChI=1S/C23H28N4O7S2/c1-24-14-16-25(17-15-24)27(35(31,32)18-8-3-2-4-9-18)20(23(29)30)11-7-13-26-22(28)19-10-5-6-12-21(19)36(26,33)34/h2-6,8-10,12,20H,7,11,13-17H2,1H3,(H,29,30)/t20-/m1/s1. The first-order chi connectivity index (χ1) is 17.0. The zero-order chi connectivity index (χ0) is 26.1. The first-order valence-corrected chi connectivity index (χ1v) is 14.3. The molecule has 1 fully saturated rings. The van der Waals surface area contributed by atoms with Crippen molar-refractivity contribution in [3.8, 4) is 0 Å². The van der Waals surface area contributed by atoms with Gasteiger partial charge in [0.25, 0.3) is 26.0 Å². The van der Waals surface area contributed by atoms with Crippen LogP contribution in [0.2, 0.25) is 0 Å². The van der Waals surface area contributed by atoms with Gasteiger partial charge in [-0.3, -0.25) is 9.59 Å². The number of aliphatic carboxylic acids is 1. The Bertz CT molecular complexity index is 1340. The number of carboxylic acids is 1. The van der Waals surface area contributed by atoms with E-state index in [0.717, 1.165) is 8.72 Å². The van der Waals surface area contributed by atoms with Gasteiger partial charge < -0.3 is 10.0 Å². The molecule has 0 aromatic heterocycles. The summed E-state index contributed by atoms with van der Waals surface area (Å²) >= 11 is 0. The highest BCUT2D eigenvalue weighted by atomic mass is 32.2. The van der Waals surface area contributed by atoms with Gasteiger partial charge in [-0.05, 0) is 44.2 Å². The van der Waals surface area contributed by atoms with E-state index >= 15 is 0 Å². The lowest BCUT2D eigenvalue weighted by molar-refractivity contribution is -0.147. The smallest absolute Gasteiger partial charge is 0.323 e. The molecule has 2 aliphatic heterocycles. The first kappa shape index (κ1) is 26.2. The Balaban J connectivity index is 1.59. The van der Waals surface area contributed by atoms with Crippen molar-refractivity contribution in [2.75, 3.05) is 39.8 Å². The molecule has 36 heavy (non-hydrogen) atoms. The van der Waals surface area contributed by atoms with E-state index in [4.69, 9.17) is 0 Å². The molecular formula is C23H28N4O7S2. The minimum atomic E-state index is -4.23. The zero-order valence-corrected chi connectivity index (χ0v) is 21.4. The van der Waals surface area contributed by atoms with Gasteiger partial charge in [0.15, 0.2) is 0 Å².